The van der Waals surface area contributed by atoms with Gasteiger partial charge < -0.3 is 15.0 Å². The van der Waals surface area contributed by atoms with Crippen LogP contribution in [-0.2, 0) is 21.4 Å². The van der Waals surface area contributed by atoms with Gasteiger partial charge in [-0.15, -0.1) is 11.8 Å². The van der Waals surface area contributed by atoms with Crippen LogP contribution in [-0.4, -0.2) is 56.2 Å². The number of nitrogens with two attached hydrogens (primary N) is 1. The number of fused-ring (bicyclic) bond motifs is 3. The molecule has 10 heteroatoms. The smallest absolute Gasteiger partial charge is 0.185 e. The second-order valence-corrected chi connectivity index (χ2v) is 9.85. The summed E-state index contributed by atoms with van der Waals surface area (Å²) in [6.45, 7) is 1.02. The predicted molar refractivity (Wildman–Crippen MR) is 119 cm³/mol. The first-order chi connectivity index (χ1) is 15.6. The zero-order valence-corrected chi connectivity index (χ0v) is 18.9. The molecule has 0 amide bonds. The molecule has 2 unspecified atom stereocenters. The average Bonchev–Trinajstić information content (AvgIpc) is 3.53. The third kappa shape index (κ3) is 2.89. The number of nitrogens with zero attached hydrogens (tertiary/aromatic N) is 5. The zero-order chi connectivity index (χ0) is 21.9. The van der Waals surface area contributed by atoms with Gasteiger partial charge in [-0.25, -0.2) is 14.6 Å². The van der Waals surface area contributed by atoms with Crippen molar-refractivity contribution in [3.8, 4) is 11.5 Å². The van der Waals surface area contributed by atoms with Crippen LogP contribution in [0, 0.1) is 0 Å². The van der Waals surface area contributed by atoms with E-state index in [0.29, 0.717) is 36.9 Å². The van der Waals surface area contributed by atoms with Crippen molar-refractivity contribution in [2.75, 3.05) is 19.5 Å². The van der Waals surface area contributed by atoms with Crippen molar-refractivity contribution >= 4 is 28.6 Å². The molecule has 32 heavy (non-hydrogen) atoms. The summed E-state index contributed by atoms with van der Waals surface area (Å²) >= 11 is 1.55. The number of thioether (sulfide) groups is 1. The van der Waals surface area contributed by atoms with Crippen molar-refractivity contribution in [1.82, 2.24) is 24.9 Å². The summed E-state index contributed by atoms with van der Waals surface area (Å²) in [7, 11) is 0. The summed E-state index contributed by atoms with van der Waals surface area (Å²) in [5.41, 5.74) is 8.10. The van der Waals surface area contributed by atoms with E-state index >= 15 is 0 Å². The molecular weight excluding hydrogens is 428 g/mol. The van der Waals surface area contributed by atoms with E-state index in [1.165, 1.54) is 0 Å². The number of ketones is 1. The molecule has 3 atom stereocenters. The summed E-state index contributed by atoms with van der Waals surface area (Å²) in [5, 5.41) is 10.7. The van der Waals surface area contributed by atoms with Gasteiger partial charge in [0.15, 0.2) is 22.9 Å². The topological polar surface area (TPSA) is 122 Å². The number of rotatable bonds is 3. The van der Waals surface area contributed by atoms with Crippen LogP contribution >= 0.6 is 11.8 Å². The number of aromatic nitrogens is 5. The van der Waals surface area contributed by atoms with Crippen molar-refractivity contribution in [3.63, 3.8) is 0 Å². The Morgan fingerprint density at radius 1 is 1.19 bits per heavy atom. The van der Waals surface area contributed by atoms with Crippen LogP contribution in [0.4, 0.5) is 0 Å². The van der Waals surface area contributed by atoms with Crippen LogP contribution < -0.4 is 5.73 Å². The fourth-order valence-corrected chi connectivity index (χ4v) is 6.13. The summed E-state index contributed by atoms with van der Waals surface area (Å²) in [5.74, 6) is 1.56. The molecule has 0 aromatic carbocycles. The maximum atomic E-state index is 13.0. The number of hydrogen-bond donors (Lipinski definition) is 1. The molecule has 1 saturated carbocycles. The third-order valence-electron chi connectivity index (χ3n) is 7.28. The Balaban J connectivity index is 1.49. The number of carbonyl (C=O) groups is 1. The highest BCUT2D eigenvalue weighted by atomic mass is 32.2. The Hall–Kier alpha value is -2.30. The largest absolute Gasteiger partial charge is 0.377 e. The van der Waals surface area contributed by atoms with Crippen LogP contribution in [0.5, 0.6) is 0 Å². The molecule has 3 aromatic rings. The summed E-state index contributed by atoms with van der Waals surface area (Å²) in [4.78, 5) is 22.7. The number of Topliss-reactive ketones (excluding diaryl/α,β-unsaturated/α-hetero) is 1. The Bertz CT molecular complexity index is 1210. The number of hydrogen-bond acceptors (Lipinski definition) is 9. The molecule has 0 radical (unpaired) electrons. The summed E-state index contributed by atoms with van der Waals surface area (Å²) in [6.07, 6.45) is 9.86. The highest BCUT2D eigenvalue weighted by Gasteiger charge is 2.48. The van der Waals surface area contributed by atoms with Crippen molar-refractivity contribution in [3.05, 3.63) is 17.5 Å². The van der Waals surface area contributed by atoms with Crippen molar-refractivity contribution in [2.24, 2.45) is 5.73 Å². The first kappa shape index (κ1) is 20.3. The van der Waals surface area contributed by atoms with Crippen LogP contribution in [0.15, 0.2) is 15.7 Å². The quantitative estimate of drug-likeness (QED) is 0.470. The van der Waals surface area contributed by atoms with E-state index < -0.39 is 5.41 Å². The van der Waals surface area contributed by atoms with Gasteiger partial charge in [-0.2, -0.15) is 5.10 Å². The number of carbonyl (C=O) groups excluding carboxylic acids is 1. The van der Waals surface area contributed by atoms with Crippen molar-refractivity contribution in [1.29, 1.82) is 0 Å². The van der Waals surface area contributed by atoms with Crippen LogP contribution in [0.25, 0.3) is 22.6 Å². The van der Waals surface area contributed by atoms with E-state index in [1.54, 1.807) is 18.0 Å². The minimum Gasteiger partial charge on any atom is -0.377 e. The Kier molecular flexibility index (Phi) is 4.85. The number of ether oxygens (including phenoxy) is 1. The average molecular weight is 455 g/mol. The van der Waals surface area contributed by atoms with Gasteiger partial charge in [0.25, 0.3) is 0 Å². The lowest BCUT2D eigenvalue weighted by Gasteiger charge is -2.36. The standard InChI is InChI=1S/C22H26N6O3S/c1-32-21-13-9-24-28(15-11-30-10-14(15)23)20(13)25-19(26-21)17-12-5-4-8-22(18(12)31-27-17)7-3-2-6-16(22)29/h9,14-15H,2-8,10-11,23H2,1H3/t14?,15?,22-/m1/s1. The molecule has 9 nitrogen and oxygen atoms in total. The molecule has 2 aliphatic carbocycles. The minimum absolute atomic E-state index is 0.0701. The summed E-state index contributed by atoms with van der Waals surface area (Å²) < 4.78 is 13.3. The molecule has 1 aliphatic heterocycles. The van der Waals surface area contributed by atoms with E-state index in [9.17, 15) is 4.79 Å². The second-order valence-electron chi connectivity index (χ2n) is 9.06. The molecule has 1 spiro atoms. The van der Waals surface area contributed by atoms with Gasteiger partial charge in [0, 0.05) is 12.0 Å². The Morgan fingerprint density at radius 2 is 2.06 bits per heavy atom. The molecule has 3 aliphatic rings. The predicted octanol–water partition coefficient (Wildman–Crippen LogP) is 2.82. The molecule has 6 rings (SSSR count). The van der Waals surface area contributed by atoms with Gasteiger partial charge in [-0.3, -0.25) is 4.79 Å². The van der Waals surface area contributed by atoms with Crippen molar-refractivity contribution < 1.29 is 14.1 Å². The van der Waals surface area contributed by atoms with Gasteiger partial charge in [-0.05, 0) is 38.4 Å². The van der Waals surface area contributed by atoms with Crippen LogP contribution in [0.2, 0.25) is 0 Å². The van der Waals surface area contributed by atoms with E-state index in [2.05, 4.69) is 10.3 Å². The van der Waals surface area contributed by atoms with E-state index in [-0.39, 0.29) is 12.1 Å². The zero-order valence-electron chi connectivity index (χ0n) is 18.0. The van der Waals surface area contributed by atoms with Crippen LogP contribution in [0.3, 0.4) is 0 Å². The highest BCUT2D eigenvalue weighted by Crippen LogP contribution is 2.47. The fraction of sp³-hybridized carbons (Fsp3) is 0.591. The molecule has 168 valence electrons. The van der Waals surface area contributed by atoms with Gasteiger partial charge in [0.05, 0.1) is 42.3 Å². The minimum atomic E-state index is -0.515. The first-order valence-corrected chi connectivity index (χ1v) is 12.5. The molecule has 0 bridgehead atoms. The SMILES string of the molecule is CSc1nc(-c2noc3c2CCC[C@@]32CCCCC2=O)nc2c1cnn2C1COCC1N. The van der Waals surface area contributed by atoms with E-state index in [1.807, 2.05) is 10.9 Å². The van der Waals surface area contributed by atoms with Gasteiger partial charge in [-0.1, -0.05) is 11.6 Å². The monoisotopic (exact) mass is 454 g/mol. The molecule has 4 heterocycles. The normalized spacial score (nSPS) is 28.0. The van der Waals surface area contributed by atoms with Gasteiger partial charge in [0.2, 0.25) is 0 Å². The maximum Gasteiger partial charge on any atom is 0.185 e. The third-order valence-corrected chi connectivity index (χ3v) is 7.97. The maximum absolute atomic E-state index is 13.0. The molecule has 1 saturated heterocycles. The lowest BCUT2D eigenvalue weighted by atomic mass is 9.64. The molecular formula is C22H26N6O3S. The lowest BCUT2D eigenvalue weighted by Crippen LogP contribution is -2.41. The second kappa shape index (κ2) is 7.64. The van der Waals surface area contributed by atoms with Crippen molar-refractivity contribution in [2.45, 2.75) is 67.5 Å². The van der Waals surface area contributed by atoms with Gasteiger partial charge in [0.1, 0.15) is 10.8 Å². The van der Waals surface area contributed by atoms with Gasteiger partial charge >= 0.3 is 0 Å². The van der Waals surface area contributed by atoms with Crippen LogP contribution in [0.1, 0.15) is 55.9 Å². The Labute approximate surface area is 189 Å². The highest BCUT2D eigenvalue weighted by molar-refractivity contribution is 7.98. The first-order valence-electron chi connectivity index (χ1n) is 11.3. The summed E-state index contributed by atoms with van der Waals surface area (Å²) in [6, 6.07) is -0.203. The van der Waals surface area contributed by atoms with E-state index in [0.717, 1.165) is 65.9 Å². The molecule has 3 aromatic heterocycles. The van der Waals surface area contributed by atoms with E-state index in [4.69, 9.17) is 25.0 Å². The lowest BCUT2D eigenvalue weighted by molar-refractivity contribution is -0.128. The fourth-order valence-electron chi connectivity index (χ4n) is 5.58. The molecule has 2 N–H and O–H groups in total. The Morgan fingerprint density at radius 3 is 2.84 bits per heavy atom. The molecule has 2 fully saturated rings.